The van der Waals surface area contributed by atoms with Gasteiger partial charge < -0.3 is 14.6 Å². The highest BCUT2D eigenvalue weighted by molar-refractivity contribution is 5.80. The Kier molecular flexibility index (Phi) is 5.15. The molecular formula is C23H21N3O3. The number of rotatable bonds is 6. The summed E-state index contributed by atoms with van der Waals surface area (Å²) < 4.78 is 5.09. The number of aryl methyl sites for hydroxylation is 1. The van der Waals surface area contributed by atoms with Gasteiger partial charge in [0.05, 0.1) is 23.5 Å². The average Bonchev–Trinajstić information content (AvgIpc) is 3.14. The summed E-state index contributed by atoms with van der Waals surface area (Å²) in [6.07, 6.45) is 8.25. The van der Waals surface area contributed by atoms with Gasteiger partial charge in [0.15, 0.2) is 0 Å². The molecule has 0 bridgehead atoms. The highest BCUT2D eigenvalue weighted by Crippen LogP contribution is 2.39. The first-order valence-electron chi connectivity index (χ1n) is 9.44. The molecule has 0 amide bonds. The number of nitrogens with zero attached hydrogens (tertiary/aromatic N) is 2. The lowest BCUT2D eigenvalue weighted by Gasteiger charge is -2.30. The zero-order valence-corrected chi connectivity index (χ0v) is 16.1. The molecule has 1 N–H and O–H groups in total. The fourth-order valence-electron chi connectivity index (χ4n) is 4.02. The molecule has 29 heavy (non-hydrogen) atoms. The number of fused-ring (bicyclic) bond motifs is 2. The van der Waals surface area contributed by atoms with Gasteiger partial charge in [0.1, 0.15) is 18.7 Å². The fraction of sp³-hybridized carbons (Fsp3) is 0.261. The Morgan fingerprint density at radius 1 is 1.34 bits per heavy atom. The molecule has 1 aromatic heterocycles. The SMILES string of the molecule is C#CCN(c1ccc(C=O)cc1)C1CCc2cc3nc(COC)[nH]c(=O)c3cc21. The number of aldehydes is 1. The number of benzene rings is 2. The first-order chi connectivity index (χ1) is 14.1. The number of aromatic nitrogens is 2. The summed E-state index contributed by atoms with van der Waals surface area (Å²) in [5, 5.41) is 0.562. The second-order valence-corrected chi connectivity index (χ2v) is 7.11. The summed E-state index contributed by atoms with van der Waals surface area (Å²) in [7, 11) is 1.57. The van der Waals surface area contributed by atoms with E-state index in [9.17, 15) is 9.59 Å². The van der Waals surface area contributed by atoms with Crippen molar-refractivity contribution in [1.82, 2.24) is 9.97 Å². The van der Waals surface area contributed by atoms with E-state index >= 15 is 0 Å². The van der Waals surface area contributed by atoms with Gasteiger partial charge in [0, 0.05) is 18.4 Å². The molecule has 4 rings (SSSR count). The van der Waals surface area contributed by atoms with Crippen molar-refractivity contribution in [2.45, 2.75) is 25.5 Å². The highest BCUT2D eigenvalue weighted by atomic mass is 16.5. The maximum atomic E-state index is 12.6. The van der Waals surface area contributed by atoms with Gasteiger partial charge >= 0.3 is 0 Å². The molecule has 0 saturated heterocycles. The second-order valence-electron chi connectivity index (χ2n) is 7.11. The first kappa shape index (κ1) is 18.9. The van der Waals surface area contributed by atoms with E-state index in [0.29, 0.717) is 28.8 Å². The van der Waals surface area contributed by atoms with E-state index in [1.54, 1.807) is 19.2 Å². The average molecular weight is 387 g/mol. The van der Waals surface area contributed by atoms with Crippen LogP contribution in [-0.4, -0.2) is 29.9 Å². The zero-order chi connectivity index (χ0) is 20.4. The van der Waals surface area contributed by atoms with Gasteiger partial charge in [-0.05, 0) is 60.4 Å². The van der Waals surface area contributed by atoms with Crippen LogP contribution in [0.15, 0.2) is 41.2 Å². The largest absolute Gasteiger partial charge is 0.377 e. The fourth-order valence-corrected chi connectivity index (χ4v) is 4.02. The topological polar surface area (TPSA) is 75.3 Å². The lowest BCUT2D eigenvalue weighted by atomic mass is 10.0. The Balaban J connectivity index is 1.77. The van der Waals surface area contributed by atoms with Crippen molar-refractivity contribution in [1.29, 1.82) is 0 Å². The number of methoxy groups -OCH3 is 1. The Hall–Kier alpha value is -3.43. The summed E-state index contributed by atoms with van der Waals surface area (Å²) in [5.74, 6) is 3.25. The molecular weight excluding hydrogens is 366 g/mol. The van der Waals surface area contributed by atoms with Crippen LogP contribution < -0.4 is 10.5 Å². The smallest absolute Gasteiger partial charge is 0.258 e. The van der Waals surface area contributed by atoms with Crippen molar-refractivity contribution in [3.05, 3.63) is 69.3 Å². The van der Waals surface area contributed by atoms with Gasteiger partial charge in [0.25, 0.3) is 5.56 Å². The molecule has 0 aliphatic heterocycles. The molecule has 2 aromatic carbocycles. The molecule has 3 aromatic rings. The van der Waals surface area contributed by atoms with E-state index < -0.39 is 0 Å². The van der Waals surface area contributed by atoms with Crippen molar-refractivity contribution < 1.29 is 9.53 Å². The van der Waals surface area contributed by atoms with Crippen molar-refractivity contribution >= 4 is 22.9 Å². The summed E-state index contributed by atoms with van der Waals surface area (Å²) in [5.41, 5.74) is 4.36. The van der Waals surface area contributed by atoms with Gasteiger partial charge in [-0.1, -0.05) is 5.92 Å². The van der Waals surface area contributed by atoms with Crippen LogP contribution in [0.4, 0.5) is 5.69 Å². The van der Waals surface area contributed by atoms with E-state index in [4.69, 9.17) is 11.2 Å². The molecule has 1 aliphatic rings. The maximum absolute atomic E-state index is 12.6. The minimum absolute atomic E-state index is 0.0607. The molecule has 1 atom stereocenters. The number of anilines is 1. The third-order valence-electron chi connectivity index (χ3n) is 5.34. The number of ether oxygens (including phenoxy) is 1. The number of carbonyl (C=O) groups excluding carboxylic acids is 1. The molecule has 6 nitrogen and oxygen atoms in total. The summed E-state index contributed by atoms with van der Waals surface area (Å²) in [6, 6.07) is 11.4. The highest BCUT2D eigenvalue weighted by Gasteiger charge is 2.29. The van der Waals surface area contributed by atoms with E-state index in [2.05, 4.69) is 20.8 Å². The Labute approximate surface area is 168 Å². The van der Waals surface area contributed by atoms with Crippen LogP contribution in [0.3, 0.4) is 0 Å². The molecule has 146 valence electrons. The molecule has 0 radical (unpaired) electrons. The van der Waals surface area contributed by atoms with Crippen molar-refractivity contribution in [3.8, 4) is 12.3 Å². The molecule has 6 heteroatoms. The molecule has 0 saturated carbocycles. The van der Waals surface area contributed by atoms with Gasteiger partial charge in [-0.3, -0.25) is 9.59 Å². The van der Waals surface area contributed by atoms with Crippen molar-refractivity contribution in [2.24, 2.45) is 0 Å². The number of hydrogen-bond acceptors (Lipinski definition) is 5. The number of nitrogens with one attached hydrogen (secondary N) is 1. The Morgan fingerprint density at radius 3 is 2.83 bits per heavy atom. The van der Waals surface area contributed by atoms with Crippen LogP contribution in [0.5, 0.6) is 0 Å². The molecule has 0 spiro atoms. The maximum Gasteiger partial charge on any atom is 0.258 e. The van der Waals surface area contributed by atoms with E-state index in [0.717, 1.165) is 30.4 Å². The molecule has 0 fully saturated rings. The number of H-pyrrole nitrogens is 1. The van der Waals surface area contributed by atoms with Crippen LogP contribution in [-0.2, 0) is 17.8 Å². The van der Waals surface area contributed by atoms with Crippen LogP contribution in [0.25, 0.3) is 10.9 Å². The number of hydrogen-bond donors (Lipinski definition) is 1. The normalized spacial score (nSPS) is 15.1. The van der Waals surface area contributed by atoms with Gasteiger partial charge in [-0.15, -0.1) is 6.42 Å². The third-order valence-corrected chi connectivity index (χ3v) is 5.34. The third kappa shape index (κ3) is 3.53. The van der Waals surface area contributed by atoms with Crippen LogP contribution in [0.1, 0.15) is 39.8 Å². The van der Waals surface area contributed by atoms with Crippen LogP contribution >= 0.6 is 0 Å². The van der Waals surface area contributed by atoms with Crippen LogP contribution in [0, 0.1) is 12.3 Å². The van der Waals surface area contributed by atoms with Crippen molar-refractivity contribution in [3.63, 3.8) is 0 Å². The van der Waals surface area contributed by atoms with Gasteiger partial charge in [-0.2, -0.15) is 0 Å². The zero-order valence-electron chi connectivity index (χ0n) is 16.1. The monoisotopic (exact) mass is 387 g/mol. The van der Waals surface area contributed by atoms with Gasteiger partial charge in [-0.25, -0.2) is 4.98 Å². The number of carbonyl (C=O) groups is 1. The molecule has 1 unspecified atom stereocenters. The lowest BCUT2D eigenvalue weighted by molar-refractivity contribution is 0.112. The minimum atomic E-state index is -0.172. The summed E-state index contributed by atoms with van der Waals surface area (Å²) >= 11 is 0. The predicted octanol–water partition coefficient (Wildman–Crippen LogP) is 3.01. The molecule has 1 heterocycles. The second kappa shape index (κ2) is 7.90. The van der Waals surface area contributed by atoms with E-state index in [1.165, 1.54) is 5.56 Å². The Bertz CT molecular complexity index is 1160. The molecule has 1 aliphatic carbocycles. The minimum Gasteiger partial charge on any atom is -0.377 e. The van der Waals surface area contributed by atoms with E-state index in [-0.39, 0.29) is 18.2 Å². The Morgan fingerprint density at radius 2 is 2.14 bits per heavy atom. The standard InChI is InChI=1S/C23H21N3O3/c1-3-10-26(17-7-4-15(13-27)5-8-17)21-9-6-16-11-20-19(12-18(16)21)23(28)25-22(24-20)14-29-2/h1,4-5,7-8,11-13,21H,6,9-10,14H2,2H3,(H,24,25,28). The van der Waals surface area contributed by atoms with Crippen LogP contribution in [0.2, 0.25) is 0 Å². The summed E-state index contributed by atoms with van der Waals surface area (Å²) in [4.78, 5) is 33.0. The number of terminal acetylenes is 1. The first-order valence-corrected chi connectivity index (χ1v) is 9.44. The lowest BCUT2D eigenvalue weighted by Crippen LogP contribution is -2.28. The quantitative estimate of drug-likeness (QED) is 0.520. The summed E-state index contributed by atoms with van der Waals surface area (Å²) in [6.45, 7) is 0.696. The van der Waals surface area contributed by atoms with E-state index in [1.807, 2.05) is 24.3 Å². The van der Waals surface area contributed by atoms with Crippen molar-refractivity contribution in [2.75, 3.05) is 18.6 Å². The number of aromatic amines is 1. The predicted molar refractivity (Wildman–Crippen MR) is 112 cm³/mol. The van der Waals surface area contributed by atoms with Gasteiger partial charge in [0.2, 0.25) is 0 Å².